The number of fused-ring (bicyclic) bond motifs is 1. The summed E-state index contributed by atoms with van der Waals surface area (Å²) in [6.45, 7) is 0.952. The van der Waals surface area contributed by atoms with E-state index in [0.717, 1.165) is 11.3 Å². The van der Waals surface area contributed by atoms with Crippen LogP contribution in [0.1, 0.15) is 0 Å². The molecule has 0 saturated carbocycles. The van der Waals surface area contributed by atoms with Gasteiger partial charge in [0.05, 0.1) is 17.6 Å². The molecule has 4 aromatic rings. The molecular weight excluding hydrogens is 359 g/mol. The highest BCUT2D eigenvalue weighted by molar-refractivity contribution is 5.98. The fourth-order valence-corrected chi connectivity index (χ4v) is 2.86. The lowest BCUT2D eigenvalue weighted by atomic mass is 10.1. The number of hydrogen-bond donors (Lipinski definition) is 2. The van der Waals surface area contributed by atoms with Crippen LogP contribution in [0, 0.1) is 5.82 Å². The summed E-state index contributed by atoms with van der Waals surface area (Å²) in [5, 5.41) is 8.13. The number of rotatable bonds is 6. The molecule has 2 aromatic carbocycles. The van der Waals surface area contributed by atoms with E-state index in [-0.39, 0.29) is 5.82 Å². The monoisotopic (exact) mass is 378 g/mol. The summed E-state index contributed by atoms with van der Waals surface area (Å²) in [5.74, 6) is 1.34. The number of nitrogens with one attached hydrogen (secondary N) is 1. The topological polar surface area (TPSA) is 90.9 Å². The summed E-state index contributed by atoms with van der Waals surface area (Å²) in [4.78, 5) is 9.03. The first-order valence-corrected chi connectivity index (χ1v) is 8.79. The van der Waals surface area contributed by atoms with E-state index in [1.54, 1.807) is 23.9 Å². The molecule has 7 nitrogen and oxygen atoms in total. The van der Waals surface area contributed by atoms with Crippen LogP contribution in [0.4, 0.5) is 16.2 Å². The van der Waals surface area contributed by atoms with E-state index in [9.17, 15) is 4.39 Å². The van der Waals surface area contributed by atoms with Gasteiger partial charge in [-0.3, -0.25) is 4.68 Å². The number of anilines is 2. The van der Waals surface area contributed by atoms with Crippen molar-refractivity contribution < 1.29 is 9.13 Å². The second-order valence-electron chi connectivity index (χ2n) is 6.20. The fourth-order valence-electron chi connectivity index (χ4n) is 2.86. The van der Waals surface area contributed by atoms with E-state index < -0.39 is 0 Å². The Morgan fingerprint density at radius 1 is 1.07 bits per heavy atom. The normalized spacial score (nSPS) is 10.9. The Morgan fingerprint density at radius 2 is 1.82 bits per heavy atom. The minimum atomic E-state index is -0.315. The summed E-state index contributed by atoms with van der Waals surface area (Å²) in [6.07, 6.45) is 0. The molecule has 2 aromatic heterocycles. The quantitative estimate of drug-likeness (QED) is 0.501. The zero-order valence-electron chi connectivity index (χ0n) is 15.3. The zero-order valence-corrected chi connectivity index (χ0v) is 15.3. The highest BCUT2D eigenvalue weighted by Crippen LogP contribution is 2.31. The number of ether oxygens (including phenoxy) is 1. The smallest absolute Gasteiger partial charge is 0.225 e. The molecule has 0 bridgehead atoms. The van der Waals surface area contributed by atoms with Gasteiger partial charge in [0, 0.05) is 12.6 Å². The molecule has 0 unspecified atom stereocenters. The van der Waals surface area contributed by atoms with E-state index in [1.807, 2.05) is 30.3 Å². The van der Waals surface area contributed by atoms with Crippen molar-refractivity contribution in [3.8, 4) is 17.0 Å². The highest BCUT2D eigenvalue weighted by Gasteiger charge is 2.17. The number of nitrogens with two attached hydrogens (primary N) is 1. The Labute approximate surface area is 161 Å². The third-order valence-corrected chi connectivity index (χ3v) is 4.25. The molecule has 2 heterocycles. The van der Waals surface area contributed by atoms with Crippen LogP contribution < -0.4 is 15.8 Å². The van der Waals surface area contributed by atoms with Gasteiger partial charge in [0.15, 0.2) is 5.65 Å². The van der Waals surface area contributed by atoms with Gasteiger partial charge in [0.2, 0.25) is 5.95 Å². The molecule has 3 N–H and O–H groups in total. The summed E-state index contributed by atoms with van der Waals surface area (Å²) in [7, 11) is 1.74. The average Bonchev–Trinajstić information content (AvgIpc) is 3.00. The number of benzene rings is 2. The second-order valence-corrected chi connectivity index (χ2v) is 6.20. The molecule has 0 radical (unpaired) electrons. The van der Waals surface area contributed by atoms with Gasteiger partial charge in [-0.15, -0.1) is 0 Å². The third-order valence-electron chi connectivity index (χ3n) is 4.25. The maximum Gasteiger partial charge on any atom is 0.225 e. The number of hydrogen-bond acceptors (Lipinski definition) is 6. The molecular formula is C20H19FN6O. The summed E-state index contributed by atoms with van der Waals surface area (Å²) in [6, 6.07) is 15.6. The maximum atomic E-state index is 13.3. The van der Waals surface area contributed by atoms with E-state index in [2.05, 4.69) is 20.4 Å². The van der Waals surface area contributed by atoms with Crippen molar-refractivity contribution in [3.05, 3.63) is 60.4 Å². The van der Waals surface area contributed by atoms with Gasteiger partial charge in [-0.25, -0.2) is 9.37 Å². The summed E-state index contributed by atoms with van der Waals surface area (Å²) in [5.41, 5.74) is 7.95. The van der Waals surface area contributed by atoms with Crippen LogP contribution in [-0.2, 0) is 7.05 Å². The van der Waals surface area contributed by atoms with Gasteiger partial charge in [0.1, 0.15) is 24.0 Å². The molecule has 142 valence electrons. The van der Waals surface area contributed by atoms with Crippen molar-refractivity contribution in [1.82, 2.24) is 19.7 Å². The van der Waals surface area contributed by atoms with Crippen molar-refractivity contribution in [1.29, 1.82) is 0 Å². The van der Waals surface area contributed by atoms with Gasteiger partial charge >= 0.3 is 0 Å². The SMILES string of the molecule is Cn1nc2nc(NCCOc3ccccc3)nc(-c3ccc(F)cc3)c2c1N. The predicted octanol–water partition coefficient (Wildman–Crippen LogP) is 3.24. The first-order chi connectivity index (χ1) is 13.6. The lowest BCUT2D eigenvalue weighted by Gasteiger charge is -2.09. The minimum Gasteiger partial charge on any atom is -0.492 e. The molecule has 0 aliphatic rings. The van der Waals surface area contributed by atoms with Crippen molar-refractivity contribution in [2.45, 2.75) is 0 Å². The molecule has 4 rings (SSSR count). The Bertz CT molecular complexity index is 1100. The lowest BCUT2D eigenvalue weighted by Crippen LogP contribution is -2.13. The average molecular weight is 378 g/mol. The molecule has 0 amide bonds. The highest BCUT2D eigenvalue weighted by atomic mass is 19.1. The summed E-state index contributed by atoms with van der Waals surface area (Å²) < 4.78 is 20.5. The Morgan fingerprint density at radius 3 is 2.57 bits per heavy atom. The van der Waals surface area contributed by atoms with Crippen LogP contribution in [-0.4, -0.2) is 32.9 Å². The molecule has 28 heavy (non-hydrogen) atoms. The van der Waals surface area contributed by atoms with Gasteiger partial charge in [-0.2, -0.15) is 10.1 Å². The number of aromatic nitrogens is 4. The first-order valence-electron chi connectivity index (χ1n) is 8.79. The Kier molecular flexibility index (Phi) is 4.76. The minimum absolute atomic E-state index is 0.315. The van der Waals surface area contributed by atoms with Gasteiger partial charge in [-0.1, -0.05) is 18.2 Å². The van der Waals surface area contributed by atoms with Crippen LogP contribution in [0.15, 0.2) is 54.6 Å². The maximum absolute atomic E-state index is 13.3. The molecule has 0 fully saturated rings. The number of halogens is 1. The molecule has 0 saturated heterocycles. The Balaban J connectivity index is 1.59. The van der Waals surface area contributed by atoms with Crippen molar-refractivity contribution >= 4 is 22.8 Å². The molecule has 0 aliphatic carbocycles. The van der Waals surface area contributed by atoms with Crippen LogP contribution in [0.2, 0.25) is 0 Å². The van der Waals surface area contributed by atoms with Gasteiger partial charge in [-0.05, 0) is 36.4 Å². The van der Waals surface area contributed by atoms with Crippen molar-refractivity contribution in [3.63, 3.8) is 0 Å². The molecule has 0 spiro atoms. The predicted molar refractivity (Wildman–Crippen MR) is 107 cm³/mol. The number of aryl methyl sites for hydroxylation is 1. The first kappa shape index (κ1) is 17.7. The van der Waals surface area contributed by atoms with Crippen molar-refractivity contribution in [2.75, 3.05) is 24.2 Å². The van der Waals surface area contributed by atoms with Gasteiger partial charge in [0.25, 0.3) is 0 Å². The van der Waals surface area contributed by atoms with E-state index >= 15 is 0 Å². The van der Waals surface area contributed by atoms with E-state index in [4.69, 9.17) is 10.5 Å². The second kappa shape index (κ2) is 7.51. The zero-order chi connectivity index (χ0) is 19.5. The Hall–Kier alpha value is -3.68. The van der Waals surface area contributed by atoms with Crippen LogP contribution in [0.25, 0.3) is 22.3 Å². The lowest BCUT2D eigenvalue weighted by molar-refractivity contribution is 0.332. The van der Waals surface area contributed by atoms with Gasteiger partial charge < -0.3 is 15.8 Å². The number of nitrogen functional groups attached to an aromatic ring is 1. The standard InChI is InChI=1S/C20H19FN6O/c1-27-18(22)16-17(13-7-9-14(21)10-8-13)24-20(25-19(16)26-27)23-11-12-28-15-5-3-2-4-6-15/h2-10H,11-12,22H2,1H3,(H,23,25,26). The molecule has 8 heteroatoms. The largest absolute Gasteiger partial charge is 0.492 e. The van der Waals surface area contributed by atoms with Crippen molar-refractivity contribution in [2.24, 2.45) is 7.05 Å². The third kappa shape index (κ3) is 3.57. The molecule has 0 aliphatic heterocycles. The van der Waals surface area contributed by atoms with E-state index in [0.29, 0.717) is 41.6 Å². The van der Waals surface area contributed by atoms with Crippen LogP contribution >= 0.6 is 0 Å². The number of para-hydroxylation sites is 1. The fraction of sp³-hybridized carbons (Fsp3) is 0.150. The van der Waals surface area contributed by atoms with Crippen LogP contribution in [0.3, 0.4) is 0 Å². The van der Waals surface area contributed by atoms with E-state index in [1.165, 1.54) is 12.1 Å². The van der Waals surface area contributed by atoms with Crippen LogP contribution in [0.5, 0.6) is 5.75 Å². The number of nitrogens with zero attached hydrogens (tertiary/aromatic N) is 4. The summed E-state index contributed by atoms with van der Waals surface area (Å²) >= 11 is 0. The molecule has 0 atom stereocenters.